The first-order valence-corrected chi connectivity index (χ1v) is 5.92. The minimum absolute atomic E-state index is 0.131. The average molecular weight is 255 g/mol. The lowest BCUT2D eigenvalue weighted by atomic mass is 10.0. The van der Waals surface area contributed by atoms with E-state index in [1.54, 1.807) is 0 Å². The highest BCUT2D eigenvalue weighted by atomic mass is 19.1. The van der Waals surface area contributed by atoms with E-state index in [0.717, 1.165) is 6.07 Å². The predicted octanol–water partition coefficient (Wildman–Crippen LogP) is 1.87. The Labute approximate surface area is 104 Å². The van der Waals surface area contributed by atoms with Crippen LogP contribution < -0.4 is 0 Å². The number of piperidine rings is 1. The monoisotopic (exact) mass is 255 g/mol. The number of hydrogen-bond donors (Lipinski definition) is 1. The Hall–Kier alpha value is -1.49. The summed E-state index contributed by atoms with van der Waals surface area (Å²) in [5, 5.41) is 9.49. The molecular weight excluding hydrogens is 240 g/mol. The number of amides is 1. The van der Waals surface area contributed by atoms with E-state index in [4.69, 9.17) is 0 Å². The van der Waals surface area contributed by atoms with Crippen molar-refractivity contribution in [2.45, 2.75) is 25.9 Å². The van der Waals surface area contributed by atoms with Crippen molar-refractivity contribution in [3.05, 3.63) is 34.9 Å². The number of benzene rings is 1. The van der Waals surface area contributed by atoms with Crippen LogP contribution in [0.5, 0.6) is 0 Å². The van der Waals surface area contributed by atoms with Gasteiger partial charge in [0, 0.05) is 13.1 Å². The molecule has 0 saturated carbocycles. The average Bonchev–Trinajstić information content (AvgIpc) is 2.34. The first-order chi connectivity index (χ1) is 8.50. The summed E-state index contributed by atoms with van der Waals surface area (Å²) in [7, 11) is 0. The summed E-state index contributed by atoms with van der Waals surface area (Å²) in [6.07, 6.45) is 0.642. The van der Waals surface area contributed by atoms with E-state index in [1.165, 1.54) is 17.9 Å². The molecule has 0 aliphatic carbocycles. The van der Waals surface area contributed by atoms with Crippen LogP contribution >= 0.6 is 0 Å². The maximum Gasteiger partial charge on any atom is 0.259 e. The normalized spacial score (nSPS) is 20.0. The second-order valence-corrected chi connectivity index (χ2v) is 4.60. The summed E-state index contributed by atoms with van der Waals surface area (Å²) in [5.74, 6) is -2.37. The van der Waals surface area contributed by atoms with Gasteiger partial charge in [0.25, 0.3) is 5.91 Å². The van der Waals surface area contributed by atoms with Crippen molar-refractivity contribution in [2.24, 2.45) is 0 Å². The number of aryl methyl sites for hydroxylation is 1. The van der Waals surface area contributed by atoms with Gasteiger partial charge in [0.1, 0.15) is 17.2 Å². The van der Waals surface area contributed by atoms with Crippen LogP contribution in [0.25, 0.3) is 0 Å². The zero-order valence-corrected chi connectivity index (χ0v) is 10.1. The van der Waals surface area contributed by atoms with Gasteiger partial charge in [-0.3, -0.25) is 4.79 Å². The number of likely N-dealkylation sites (tertiary alicyclic amines) is 1. The van der Waals surface area contributed by atoms with Crippen molar-refractivity contribution in [3.8, 4) is 0 Å². The molecule has 5 heteroatoms. The third kappa shape index (κ3) is 2.36. The van der Waals surface area contributed by atoms with Gasteiger partial charge in [-0.1, -0.05) is 6.07 Å². The number of hydrogen-bond acceptors (Lipinski definition) is 2. The van der Waals surface area contributed by atoms with Gasteiger partial charge in [-0.05, 0) is 31.4 Å². The molecule has 1 aromatic carbocycles. The Morgan fingerprint density at radius 3 is 2.83 bits per heavy atom. The molecule has 1 aliphatic heterocycles. The van der Waals surface area contributed by atoms with Crippen LogP contribution in [0.3, 0.4) is 0 Å². The molecular formula is C13H15F2NO2. The number of β-amino-alcohol motifs (C(OH)–C–C–N with tert-alkyl or cyclic N) is 1. The lowest BCUT2D eigenvalue weighted by molar-refractivity contribution is 0.0465. The number of aliphatic hydroxyl groups is 1. The highest BCUT2D eigenvalue weighted by molar-refractivity contribution is 5.95. The van der Waals surface area contributed by atoms with Gasteiger partial charge >= 0.3 is 0 Å². The van der Waals surface area contributed by atoms with Crippen LogP contribution in [-0.4, -0.2) is 35.1 Å². The molecule has 1 aliphatic rings. The van der Waals surface area contributed by atoms with Crippen LogP contribution in [0.4, 0.5) is 8.78 Å². The lowest BCUT2D eigenvalue weighted by Gasteiger charge is -2.30. The van der Waals surface area contributed by atoms with Gasteiger partial charge in [-0.2, -0.15) is 0 Å². The first kappa shape index (κ1) is 13.0. The van der Waals surface area contributed by atoms with E-state index in [-0.39, 0.29) is 12.1 Å². The standard InChI is InChI=1S/C13H15F2NO2/c1-8-4-5-10(14)11(12(8)15)13(18)16-6-2-3-9(17)7-16/h4-5,9,17H,2-3,6-7H2,1H3. The van der Waals surface area contributed by atoms with Gasteiger partial charge in [0.2, 0.25) is 0 Å². The van der Waals surface area contributed by atoms with Crippen molar-refractivity contribution in [2.75, 3.05) is 13.1 Å². The summed E-state index contributed by atoms with van der Waals surface area (Å²) < 4.78 is 27.4. The maximum absolute atomic E-state index is 13.8. The molecule has 2 rings (SSSR count). The highest BCUT2D eigenvalue weighted by Gasteiger charge is 2.27. The molecule has 1 saturated heterocycles. The van der Waals surface area contributed by atoms with Crippen LogP contribution in [-0.2, 0) is 0 Å². The highest BCUT2D eigenvalue weighted by Crippen LogP contribution is 2.20. The lowest BCUT2D eigenvalue weighted by Crippen LogP contribution is -2.42. The molecule has 98 valence electrons. The molecule has 1 N–H and O–H groups in total. The summed E-state index contributed by atoms with van der Waals surface area (Å²) >= 11 is 0. The van der Waals surface area contributed by atoms with Crippen molar-refractivity contribution in [3.63, 3.8) is 0 Å². The van der Waals surface area contributed by atoms with Gasteiger partial charge in [0.05, 0.1) is 6.10 Å². The Morgan fingerprint density at radius 1 is 1.44 bits per heavy atom. The van der Waals surface area contributed by atoms with E-state index < -0.39 is 29.2 Å². The first-order valence-electron chi connectivity index (χ1n) is 5.92. The van der Waals surface area contributed by atoms with Crippen molar-refractivity contribution < 1.29 is 18.7 Å². The molecule has 0 bridgehead atoms. The number of carbonyl (C=O) groups is 1. The fourth-order valence-electron chi connectivity index (χ4n) is 2.15. The third-order valence-corrected chi connectivity index (χ3v) is 3.18. The molecule has 1 aromatic rings. The van der Waals surface area contributed by atoms with Crippen LogP contribution in [0, 0.1) is 18.6 Å². The minimum atomic E-state index is -0.858. The molecule has 1 fully saturated rings. The van der Waals surface area contributed by atoms with Gasteiger partial charge in [-0.25, -0.2) is 8.78 Å². The SMILES string of the molecule is Cc1ccc(F)c(C(=O)N2CCCC(O)C2)c1F. The zero-order chi connectivity index (χ0) is 13.3. The van der Waals surface area contributed by atoms with Crippen LogP contribution in [0.1, 0.15) is 28.8 Å². The largest absolute Gasteiger partial charge is 0.391 e. The molecule has 0 aromatic heterocycles. The predicted molar refractivity (Wildman–Crippen MR) is 62.2 cm³/mol. The molecule has 1 atom stereocenters. The molecule has 0 spiro atoms. The number of nitrogens with zero attached hydrogens (tertiary/aromatic N) is 1. The topological polar surface area (TPSA) is 40.5 Å². The Bertz CT molecular complexity index is 476. The Morgan fingerprint density at radius 2 is 2.17 bits per heavy atom. The molecule has 1 heterocycles. The van der Waals surface area contributed by atoms with Crippen LogP contribution in [0.15, 0.2) is 12.1 Å². The second-order valence-electron chi connectivity index (χ2n) is 4.60. The summed E-state index contributed by atoms with van der Waals surface area (Å²) in [4.78, 5) is 13.4. The Balaban J connectivity index is 2.31. The number of aliphatic hydroxyl groups excluding tert-OH is 1. The number of carbonyl (C=O) groups excluding carboxylic acids is 1. The molecule has 1 unspecified atom stereocenters. The molecule has 3 nitrogen and oxygen atoms in total. The fraction of sp³-hybridized carbons (Fsp3) is 0.462. The van der Waals surface area contributed by atoms with Crippen molar-refractivity contribution >= 4 is 5.91 Å². The van der Waals surface area contributed by atoms with E-state index >= 15 is 0 Å². The number of rotatable bonds is 1. The van der Waals surface area contributed by atoms with E-state index in [0.29, 0.717) is 19.4 Å². The van der Waals surface area contributed by atoms with E-state index in [9.17, 15) is 18.7 Å². The molecule has 0 radical (unpaired) electrons. The summed E-state index contributed by atoms with van der Waals surface area (Å²) in [5.41, 5.74) is -0.290. The van der Waals surface area contributed by atoms with Crippen LogP contribution in [0.2, 0.25) is 0 Å². The summed E-state index contributed by atoms with van der Waals surface area (Å²) in [6.45, 7) is 2.03. The Kier molecular flexibility index (Phi) is 3.61. The number of halogens is 2. The van der Waals surface area contributed by atoms with E-state index in [2.05, 4.69) is 0 Å². The van der Waals surface area contributed by atoms with Gasteiger partial charge < -0.3 is 10.0 Å². The van der Waals surface area contributed by atoms with Crippen molar-refractivity contribution in [1.82, 2.24) is 4.90 Å². The van der Waals surface area contributed by atoms with Crippen molar-refractivity contribution in [1.29, 1.82) is 0 Å². The molecule has 1 amide bonds. The smallest absolute Gasteiger partial charge is 0.259 e. The molecule has 18 heavy (non-hydrogen) atoms. The maximum atomic E-state index is 13.8. The quantitative estimate of drug-likeness (QED) is 0.832. The zero-order valence-electron chi connectivity index (χ0n) is 10.1. The minimum Gasteiger partial charge on any atom is -0.391 e. The van der Waals surface area contributed by atoms with Gasteiger partial charge in [-0.15, -0.1) is 0 Å². The second kappa shape index (κ2) is 5.02. The van der Waals surface area contributed by atoms with E-state index in [1.807, 2.05) is 0 Å². The van der Waals surface area contributed by atoms with Gasteiger partial charge in [0.15, 0.2) is 0 Å². The summed E-state index contributed by atoms with van der Waals surface area (Å²) in [6, 6.07) is 2.39. The fourth-order valence-corrected chi connectivity index (χ4v) is 2.15. The third-order valence-electron chi connectivity index (χ3n) is 3.18.